The molecule has 1 atom stereocenters. The molecule has 74 valence electrons. The van der Waals surface area contributed by atoms with E-state index in [-0.39, 0.29) is 6.10 Å². The zero-order chi connectivity index (χ0) is 9.97. The molecule has 1 aliphatic heterocycles. The van der Waals surface area contributed by atoms with Crippen LogP contribution in [-0.2, 0) is 4.74 Å². The Bertz CT molecular complexity index is 329. The van der Waals surface area contributed by atoms with Gasteiger partial charge in [-0.05, 0) is 18.1 Å². The van der Waals surface area contributed by atoms with Gasteiger partial charge in [0.2, 0.25) is 5.90 Å². The van der Waals surface area contributed by atoms with E-state index in [9.17, 15) is 0 Å². The average Bonchev–Trinajstić information content (AvgIpc) is 2.68. The largest absolute Gasteiger partial charge is 0.472 e. The van der Waals surface area contributed by atoms with Crippen molar-refractivity contribution in [2.75, 3.05) is 6.54 Å². The van der Waals surface area contributed by atoms with Crippen molar-refractivity contribution in [1.82, 2.24) is 0 Å². The number of hydrogen-bond acceptors (Lipinski definition) is 2. The van der Waals surface area contributed by atoms with Crippen LogP contribution >= 0.6 is 0 Å². The van der Waals surface area contributed by atoms with Crippen molar-refractivity contribution in [3.8, 4) is 0 Å². The third kappa shape index (κ3) is 1.79. The molecule has 0 N–H and O–H groups in total. The Morgan fingerprint density at radius 3 is 2.57 bits per heavy atom. The zero-order valence-electron chi connectivity index (χ0n) is 8.60. The SMILES string of the molecule is CC(C)C1CN=C(c2ccccc2)O1. The molecule has 1 unspecified atom stereocenters. The summed E-state index contributed by atoms with van der Waals surface area (Å²) in [6, 6.07) is 10.1. The fourth-order valence-electron chi connectivity index (χ4n) is 1.48. The van der Waals surface area contributed by atoms with Gasteiger partial charge in [0.25, 0.3) is 0 Å². The minimum atomic E-state index is 0.255. The highest BCUT2D eigenvalue weighted by atomic mass is 16.5. The molecule has 2 heteroatoms. The molecule has 1 heterocycles. The van der Waals surface area contributed by atoms with Crippen LogP contribution < -0.4 is 0 Å². The van der Waals surface area contributed by atoms with Crippen molar-refractivity contribution < 1.29 is 4.74 Å². The molecular weight excluding hydrogens is 174 g/mol. The Morgan fingerprint density at radius 1 is 1.29 bits per heavy atom. The van der Waals surface area contributed by atoms with Crippen LogP contribution in [0.1, 0.15) is 19.4 Å². The zero-order valence-corrected chi connectivity index (χ0v) is 8.60. The van der Waals surface area contributed by atoms with Gasteiger partial charge in [-0.3, -0.25) is 0 Å². The van der Waals surface area contributed by atoms with E-state index in [1.54, 1.807) is 0 Å². The fraction of sp³-hybridized carbons (Fsp3) is 0.417. The number of aliphatic imine (C=N–C) groups is 1. The van der Waals surface area contributed by atoms with Crippen molar-refractivity contribution in [2.24, 2.45) is 10.9 Å². The number of nitrogens with zero attached hydrogens (tertiary/aromatic N) is 1. The lowest BCUT2D eigenvalue weighted by Gasteiger charge is -2.14. The van der Waals surface area contributed by atoms with Crippen LogP contribution in [0.5, 0.6) is 0 Å². The van der Waals surface area contributed by atoms with E-state index in [1.165, 1.54) is 0 Å². The van der Waals surface area contributed by atoms with E-state index in [0.29, 0.717) is 5.92 Å². The second kappa shape index (κ2) is 3.82. The molecule has 1 aromatic carbocycles. The molecule has 14 heavy (non-hydrogen) atoms. The summed E-state index contributed by atoms with van der Waals surface area (Å²) in [6.07, 6.45) is 0.255. The molecule has 2 rings (SSSR count). The summed E-state index contributed by atoms with van der Waals surface area (Å²) < 4.78 is 5.76. The van der Waals surface area contributed by atoms with E-state index in [2.05, 4.69) is 18.8 Å². The fourth-order valence-corrected chi connectivity index (χ4v) is 1.48. The smallest absolute Gasteiger partial charge is 0.216 e. The molecule has 0 radical (unpaired) electrons. The number of benzene rings is 1. The first-order chi connectivity index (χ1) is 6.77. The Labute approximate surface area is 84.6 Å². The first-order valence-electron chi connectivity index (χ1n) is 5.04. The number of ether oxygens (including phenoxy) is 1. The van der Waals surface area contributed by atoms with Gasteiger partial charge in [-0.1, -0.05) is 32.0 Å². The van der Waals surface area contributed by atoms with Crippen LogP contribution in [-0.4, -0.2) is 18.5 Å². The first-order valence-corrected chi connectivity index (χ1v) is 5.04. The van der Waals surface area contributed by atoms with E-state index >= 15 is 0 Å². The van der Waals surface area contributed by atoms with Crippen LogP contribution in [0, 0.1) is 5.92 Å². The molecular formula is C12H15NO. The van der Waals surface area contributed by atoms with E-state index in [4.69, 9.17) is 4.74 Å². The number of hydrogen-bond donors (Lipinski definition) is 0. The van der Waals surface area contributed by atoms with Gasteiger partial charge in [0.1, 0.15) is 6.10 Å². The minimum Gasteiger partial charge on any atom is -0.472 e. The summed E-state index contributed by atoms with van der Waals surface area (Å²) in [7, 11) is 0. The summed E-state index contributed by atoms with van der Waals surface area (Å²) in [4.78, 5) is 4.40. The predicted molar refractivity (Wildman–Crippen MR) is 57.6 cm³/mol. The van der Waals surface area contributed by atoms with Crippen molar-refractivity contribution in [3.63, 3.8) is 0 Å². The van der Waals surface area contributed by atoms with Crippen LogP contribution in [0.3, 0.4) is 0 Å². The van der Waals surface area contributed by atoms with E-state index in [0.717, 1.165) is 18.0 Å². The van der Waals surface area contributed by atoms with Gasteiger partial charge in [-0.25, -0.2) is 4.99 Å². The summed E-state index contributed by atoms with van der Waals surface area (Å²) in [6.45, 7) is 5.12. The van der Waals surface area contributed by atoms with Gasteiger partial charge in [-0.15, -0.1) is 0 Å². The molecule has 2 nitrogen and oxygen atoms in total. The first kappa shape index (κ1) is 9.25. The standard InChI is InChI=1S/C12H15NO/c1-9(2)11-8-13-12(14-11)10-6-4-3-5-7-10/h3-7,9,11H,8H2,1-2H3. The lowest BCUT2D eigenvalue weighted by Crippen LogP contribution is -2.19. The Morgan fingerprint density at radius 2 is 2.00 bits per heavy atom. The van der Waals surface area contributed by atoms with Crippen molar-refractivity contribution in [2.45, 2.75) is 20.0 Å². The maximum Gasteiger partial charge on any atom is 0.216 e. The van der Waals surface area contributed by atoms with Crippen LogP contribution in [0.25, 0.3) is 0 Å². The van der Waals surface area contributed by atoms with Gasteiger partial charge < -0.3 is 4.74 Å². The predicted octanol–water partition coefficient (Wildman–Crippen LogP) is 2.49. The Balaban J connectivity index is 2.09. The summed E-state index contributed by atoms with van der Waals surface area (Å²) in [5.74, 6) is 1.32. The van der Waals surface area contributed by atoms with Crippen molar-refractivity contribution >= 4 is 5.90 Å². The molecule has 0 aromatic heterocycles. The normalized spacial score (nSPS) is 20.8. The molecule has 0 spiro atoms. The summed E-state index contributed by atoms with van der Waals surface area (Å²) in [5, 5.41) is 0. The average molecular weight is 189 g/mol. The molecule has 0 amide bonds. The Hall–Kier alpha value is -1.31. The molecule has 1 aromatic rings. The highest BCUT2D eigenvalue weighted by Gasteiger charge is 2.23. The quantitative estimate of drug-likeness (QED) is 0.700. The summed E-state index contributed by atoms with van der Waals surface area (Å²) in [5.41, 5.74) is 1.08. The third-order valence-corrected chi connectivity index (χ3v) is 2.44. The molecule has 0 aliphatic carbocycles. The molecule has 1 aliphatic rings. The topological polar surface area (TPSA) is 21.6 Å². The second-order valence-corrected chi connectivity index (χ2v) is 3.91. The highest BCUT2D eigenvalue weighted by molar-refractivity contribution is 5.95. The van der Waals surface area contributed by atoms with Gasteiger partial charge in [-0.2, -0.15) is 0 Å². The second-order valence-electron chi connectivity index (χ2n) is 3.91. The third-order valence-electron chi connectivity index (χ3n) is 2.44. The Kier molecular flexibility index (Phi) is 2.53. The summed E-state index contributed by atoms with van der Waals surface area (Å²) >= 11 is 0. The molecule has 0 saturated heterocycles. The van der Waals surface area contributed by atoms with Crippen LogP contribution in [0.15, 0.2) is 35.3 Å². The lowest BCUT2D eigenvalue weighted by molar-refractivity contribution is 0.172. The maximum absolute atomic E-state index is 5.76. The van der Waals surface area contributed by atoms with E-state index < -0.39 is 0 Å². The highest BCUT2D eigenvalue weighted by Crippen LogP contribution is 2.17. The minimum absolute atomic E-state index is 0.255. The molecule has 0 bridgehead atoms. The van der Waals surface area contributed by atoms with Crippen molar-refractivity contribution in [1.29, 1.82) is 0 Å². The number of rotatable bonds is 2. The van der Waals surface area contributed by atoms with Gasteiger partial charge >= 0.3 is 0 Å². The molecule has 0 saturated carbocycles. The lowest BCUT2D eigenvalue weighted by atomic mass is 10.1. The van der Waals surface area contributed by atoms with Crippen LogP contribution in [0.2, 0.25) is 0 Å². The van der Waals surface area contributed by atoms with Gasteiger partial charge in [0, 0.05) is 5.56 Å². The van der Waals surface area contributed by atoms with Crippen LogP contribution in [0.4, 0.5) is 0 Å². The van der Waals surface area contributed by atoms with Gasteiger partial charge in [0.05, 0.1) is 6.54 Å². The maximum atomic E-state index is 5.76. The van der Waals surface area contributed by atoms with Gasteiger partial charge in [0.15, 0.2) is 0 Å². The van der Waals surface area contributed by atoms with E-state index in [1.807, 2.05) is 30.3 Å². The monoisotopic (exact) mass is 189 g/mol. The van der Waals surface area contributed by atoms with Crippen molar-refractivity contribution in [3.05, 3.63) is 35.9 Å². The molecule has 0 fully saturated rings.